The molecule has 0 saturated carbocycles. The number of halogens is 1. The smallest absolute Gasteiger partial charge is 0.193 e. The van der Waals surface area contributed by atoms with Crippen LogP contribution < -0.4 is 5.32 Å². The van der Waals surface area contributed by atoms with Crippen molar-refractivity contribution in [2.24, 2.45) is 4.99 Å². The van der Waals surface area contributed by atoms with Gasteiger partial charge < -0.3 is 14.6 Å². The van der Waals surface area contributed by atoms with E-state index >= 15 is 0 Å². The zero-order valence-electron chi connectivity index (χ0n) is 17.8. The molecule has 1 fully saturated rings. The van der Waals surface area contributed by atoms with E-state index < -0.39 is 0 Å². The van der Waals surface area contributed by atoms with Gasteiger partial charge in [-0.05, 0) is 24.1 Å². The van der Waals surface area contributed by atoms with Crippen molar-refractivity contribution in [3.63, 3.8) is 0 Å². The van der Waals surface area contributed by atoms with Gasteiger partial charge in [0.15, 0.2) is 5.96 Å². The molecule has 6 nitrogen and oxygen atoms in total. The molecule has 0 spiro atoms. The van der Waals surface area contributed by atoms with Gasteiger partial charge in [0.1, 0.15) is 5.65 Å². The molecule has 160 valence electrons. The number of aryl methyl sites for hydroxylation is 1. The second kappa shape index (κ2) is 10.8. The highest BCUT2D eigenvalue weighted by Crippen LogP contribution is 2.11. The fourth-order valence-corrected chi connectivity index (χ4v) is 3.92. The monoisotopic (exact) mass is 518 g/mol. The number of aliphatic imine (C=N–C) groups is 1. The Kier molecular flexibility index (Phi) is 8.09. The average Bonchev–Trinajstić information content (AvgIpc) is 3.17. The average molecular weight is 518 g/mol. The van der Waals surface area contributed by atoms with Crippen molar-refractivity contribution in [1.82, 2.24) is 24.5 Å². The Morgan fingerprint density at radius 3 is 2.53 bits per heavy atom. The van der Waals surface area contributed by atoms with Gasteiger partial charge in [-0.2, -0.15) is 0 Å². The van der Waals surface area contributed by atoms with Crippen LogP contribution in [0.4, 0.5) is 0 Å². The third-order valence-electron chi connectivity index (χ3n) is 5.52. The molecule has 0 unspecified atom stereocenters. The highest BCUT2D eigenvalue weighted by atomic mass is 127. The van der Waals surface area contributed by atoms with Crippen LogP contribution in [0.1, 0.15) is 16.8 Å². The van der Waals surface area contributed by atoms with E-state index in [0.717, 1.165) is 63.0 Å². The predicted octanol–water partition coefficient (Wildman–Crippen LogP) is 3.20. The minimum atomic E-state index is 0. The molecule has 30 heavy (non-hydrogen) atoms. The zero-order chi connectivity index (χ0) is 20.1. The van der Waals surface area contributed by atoms with Crippen LogP contribution in [-0.4, -0.2) is 64.9 Å². The molecule has 1 aromatic carbocycles. The Bertz CT molecular complexity index is 960. The Morgan fingerprint density at radius 2 is 1.83 bits per heavy atom. The van der Waals surface area contributed by atoms with Crippen LogP contribution in [0.5, 0.6) is 0 Å². The molecule has 0 amide bonds. The summed E-state index contributed by atoms with van der Waals surface area (Å²) in [5, 5.41) is 3.52. The van der Waals surface area contributed by atoms with E-state index in [1.54, 1.807) is 0 Å². The number of aromatic nitrogens is 2. The molecule has 3 aromatic rings. The largest absolute Gasteiger partial charge is 0.356 e. The molecule has 1 aliphatic rings. The van der Waals surface area contributed by atoms with Gasteiger partial charge in [-0.1, -0.05) is 36.4 Å². The van der Waals surface area contributed by atoms with Crippen molar-refractivity contribution in [2.45, 2.75) is 19.9 Å². The molecule has 1 N–H and O–H groups in total. The highest BCUT2D eigenvalue weighted by Gasteiger charge is 2.19. The number of imidazole rings is 1. The van der Waals surface area contributed by atoms with Crippen molar-refractivity contribution in [2.75, 3.05) is 39.8 Å². The minimum absolute atomic E-state index is 0. The van der Waals surface area contributed by atoms with Gasteiger partial charge in [0.2, 0.25) is 0 Å². The van der Waals surface area contributed by atoms with E-state index in [4.69, 9.17) is 4.98 Å². The SMILES string of the molecule is CN=C(NCCc1cn2cccc(C)c2n1)N1CCN(Cc2ccccc2)CC1.I. The zero-order valence-corrected chi connectivity index (χ0v) is 20.1. The van der Waals surface area contributed by atoms with E-state index in [1.165, 1.54) is 11.1 Å². The second-order valence-corrected chi connectivity index (χ2v) is 7.63. The molecule has 0 radical (unpaired) electrons. The molecule has 2 aromatic heterocycles. The fourth-order valence-electron chi connectivity index (χ4n) is 3.92. The first-order valence-corrected chi connectivity index (χ1v) is 10.4. The van der Waals surface area contributed by atoms with Crippen LogP contribution in [0.3, 0.4) is 0 Å². The lowest BCUT2D eigenvalue weighted by atomic mass is 10.2. The lowest BCUT2D eigenvalue weighted by molar-refractivity contribution is 0.172. The van der Waals surface area contributed by atoms with Gasteiger partial charge in [0.25, 0.3) is 0 Å². The number of hydrogen-bond donors (Lipinski definition) is 1. The number of rotatable bonds is 5. The van der Waals surface area contributed by atoms with Crippen LogP contribution in [-0.2, 0) is 13.0 Å². The molecule has 0 aliphatic carbocycles. The van der Waals surface area contributed by atoms with Crippen LogP contribution in [0, 0.1) is 6.92 Å². The topological polar surface area (TPSA) is 48.2 Å². The van der Waals surface area contributed by atoms with Crippen LogP contribution in [0.15, 0.2) is 59.9 Å². The van der Waals surface area contributed by atoms with Gasteiger partial charge in [-0.15, -0.1) is 24.0 Å². The minimum Gasteiger partial charge on any atom is -0.356 e. The van der Waals surface area contributed by atoms with E-state index in [9.17, 15) is 0 Å². The van der Waals surface area contributed by atoms with Gasteiger partial charge in [-0.3, -0.25) is 9.89 Å². The third kappa shape index (κ3) is 5.51. The lowest BCUT2D eigenvalue weighted by Crippen LogP contribution is -2.52. The summed E-state index contributed by atoms with van der Waals surface area (Å²) in [6.07, 6.45) is 5.06. The molecule has 3 heterocycles. The van der Waals surface area contributed by atoms with Crippen LogP contribution in [0.25, 0.3) is 5.65 Å². The maximum atomic E-state index is 4.76. The number of guanidine groups is 1. The second-order valence-electron chi connectivity index (χ2n) is 7.63. The van der Waals surface area contributed by atoms with Crippen molar-refractivity contribution < 1.29 is 0 Å². The summed E-state index contributed by atoms with van der Waals surface area (Å²) in [6, 6.07) is 14.9. The Balaban J connectivity index is 0.00000256. The van der Waals surface area contributed by atoms with Crippen LogP contribution in [0.2, 0.25) is 0 Å². The standard InChI is InChI=1S/C23H30N6.HI/c1-19-7-6-12-29-18-21(26-22(19)29)10-11-25-23(24-2)28-15-13-27(14-16-28)17-20-8-4-3-5-9-20;/h3-9,12,18H,10-11,13-17H2,1-2H3,(H,24,25);1H. The quantitative estimate of drug-likeness (QED) is 0.320. The summed E-state index contributed by atoms with van der Waals surface area (Å²) in [6.45, 7) is 8.07. The van der Waals surface area contributed by atoms with E-state index in [2.05, 4.69) is 86.3 Å². The number of nitrogens with one attached hydrogen (secondary N) is 1. The van der Waals surface area contributed by atoms with Crippen molar-refractivity contribution >= 4 is 35.6 Å². The fraction of sp³-hybridized carbons (Fsp3) is 0.391. The van der Waals surface area contributed by atoms with Gasteiger partial charge >= 0.3 is 0 Å². The summed E-state index contributed by atoms with van der Waals surface area (Å²) in [4.78, 5) is 14.1. The summed E-state index contributed by atoms with van der Waals surface area (Å²) in [5.74, 6) is 0.990. The third-order valence-corrected chi connectivity index (χ3v) is 5.52. The number of fused-ring (bicyclic) bond motifs is 1. The lowest BCUT2D eigenvalue weighted by Gasteiger charge is -2.36. The molecule has 4 rings (SSSR count). The first kappa shape index (κ1) is 22.6. The van der Waals surface area contributed by atoms with Gasteiger partial charge in [0, 0.05) is 65.1 Å². The predicted molar refractivity (Wildman–Crippen MR) is 134 cm³/mol. The first-order chi connectivity index (χ1) is 14.2. The van der Waals surface area contributed by atoms with Crippen molar-refractivity contribution in [3.8, 4) is 0 Å². The summed E-state index contributed by atoms with van der Waals surface area (Å²) >= 11 is 0. The number of benzene rings is 1. The number of hydrogen-bond acceptors (Lipinski definition) is 3. The normalized spacial score (nSPS) is 15.3. The van der Waals surface area contributed by atoms with Crippen molar-refractivity contribution in [1.29, 1.82) is 0 Å². The highest BCUT2D eigenvalue weighted by molar-refractivity contribution is 14.0. The molecular formula is C23H31IN6. The Hall–Kier alpha value is -2.13. The van der Waals surface area contributed by atoms with E-state index in [0.29, 0.717) is 0 Å². The van der Waals surface area contributed by atoms with Gasteiger partial charge in [0.05, 0.1) is 5.69 Å². The summed E-state index contributed by atoms with van der Waals surface area (Å²) in [5.41, 5.74) is 4.73. The Labute approximate surface area is 196 Å². The van der Waals surface area contributed by atoms with Crippen LogP contribution >= 0.6 is 24.0 Å². The van der Waals surface area contributed by atoms with Gasteiger partial charge in [-0.25, -0.2) is 4.98 Å². The molecular weight excluding hydrogens is 487 g/mol. The number of piperazine rings is 1. The van der Waals surface area contributed by atoms with Crippen molar-refractivity contribution in [3.05, 3.63) is 71.7 Å². The molecule has 0 bridgehead atoms. The first-order valence-electron chi connectivity index (χ1n) is 10.4. The molecule has 7 heteroatoms. The maximum absolute atomic E-state index is 4.76. The number of nitrogens with zero attached hydrogens (tertiary/aromatic N) is 5. The molecule has 1 saturated heterocycles. The number of pyridine rings is 1. The summed E-state index contributed by atoms with van der Waals surface area (Å²) in [7, 11) is 1.87. The van der Waals surface area contributed by atoms with E-state index in [-0.39, 0.29) is 24.0 Å². The molecule has 0 atom stereocenters. The Morgan fingerprint density at radius 1 is 1.07 bits per heavy atom. The summed E-state index contributed by atoms with van der Waals surface area (Å²) < 4.78 is 2.10. The molecule has 1 aliphatic heterocycles. The van der Waals surface area contributed by atoms with E-state index in [1.807, 2.05) is 7.05 Å². The maximum Gasteiger partial charge on any atom is 0.193 e.